The van der Waals surface area contributed by atoms with Gasteiger partial charge < -0.3 is 10.5 Å². The molecule has 0 aliphatic carbocycles. The number of rotatable bonds is 6. The summed E-state index contributed by atoms with van der Waals surface area (Å²) in [6.07, 6.45) is 2.62. The summed E-state index contributed by atoms with van der Waals surface area (Å²) in [5, 5.41) is 0. The van der Waals surface area contributed by atoms with E-state index in [2.05, 4.69) is 26.0 Å². The molecule has 0 fully saturated rings. The molecular formula is C23H35NO2. The molecule has 0 aromatic heterocycles. The number of hydrogen-bond acceptors (Lipinski definition) is 3. The maximum absolute atomic E-state index is 11.6. The highest BCUT2D eigenvalue weighted by atomic mass is 16.5. The molecule has 1 atom stereocenters. The lowest BCUT2D eigenvalue weighted by Gasteiger charge is -2.15. The Hall–Kier alpha value is -2.29. The lowest BCUT2D eigenvalue weighted by Crippen LogP contribution is -2.14. The largest absolute Gasteiger partial charge is 0.496 e. The van der Waals surface area contributed by atoms with Crippen molar-refractivity contribution >= 4 is 11.5 Å². The molecule has 0 saturated heterocycles. The van der Waals surface area contributed by atoms with E-state index in [1.807, 2.05) is 50.2 Å². The van der Waals surface area contributed by atoms with Gasteiger partial charge in [0.05, 0.1) is 7.11 Å². The second kappa shape index (κ2) is 13.9. The zero-order valence-electron chi connectivity index (χ0n) is 17.2. The smallest absolute Gasteiger partial charge is 0.133 e. The van der Waals surface area contributed by atoms with Crippen molar-refractivity contribution < 1.29 is 9.53 Å². The standard InChI is InChI=1S/C14H21NO2.C7H8.C2H6/c1-4-5-11(10(2)16)8-12-9-13(15)6-7-14(12)17-3;1-7-5-3-2-4-6-7;1-2/h6-7,9,11H,4-5,8,15H2,1-3H3;2-6H,1H3;1-2H3. The van der Waals surface area contributed by atoms with Gasteiger partial charge in [-0.3, -0.25) is 4.79 Å². The molecule has 2 rings (SSSR count). The van der Waals surface area contributed by atoms with Crippen LogP contribution in [0.1, 0.15) is 51.7 Å². The molecule has 0 aliphatic rings. The number of hydrogen-bond donors (Lipinski definition) is 1. The second-order valence-corrected chi connectivity index (χ2v) is 6.03. The fourth-order valence-electron chi connectivity index (χ4n) is 2.56. The molecule has 1 unspecified atom stereocenters. The number of ketones is 1. The molecular weight excluding hydrogens is 322 g/mol. The van der Waals surface area contributed by atoms with E-state index in [-0.39, 0.29) is 11.7 Å². The summed E-state index contributed by atoms with van der Waals surface area (Å²) in [6.45, 7) is 9.83. The quantitative estimate of drug-likeness (QED) is 0.660. The van der Waals surface area contributed by atoms with E-state index in [0.717, 1.165) is 24.2 Å². The number of nitrogens with two attached hydrogens (primary N) is 1. The van der Waals surface area contributed by atoms with E-state index in [1.165, 1.54) is 5.56 Å². The highest BCUT2D eigenvalue weighted by Crippen LogP contribution is 2.25. The second-order valence-electron chi connectivity index (χ2n) is 6.03. The van der Waals surface area contributed by atoms with E-state index in [4.69, 9.17) is 10.5 Å². The van der Waals surface area contributed by atoms with Crippen molar-refractivity contribution in [3.05, 3.63) is 59.7 Å². The number of benzene rings is 2. The Balaban J connectivity index is 0.000000575. The molecule has 0 spiro atoms. The van der Waals surface area contributed by atoms with E-state index < -0.39 is 0 Å². The Labute approximate surface area is 159 Å². The van der Waals surface area contributed by atoms with Gasteiger partial charge in [0.1, 0.15) is 11.5 Å². The minimum atomic E-state index is 0.0655. The van der Waals surface area contributed by atoms with Crippen molar-refractivity contribution in [2.45, 2.75) is 53.9 Å². The average Bonchev–Trinajstić information content (AvgIpc) is 2.64. The van der Waals surface area contributed by atoms with Gasteiger partial charge >= 0.3 is 0 Å². The van der Waals surface area contributed by atoms with Crippen LogP contribution in [-0.2, 0) is 11.2 Å². The fourth-order valence-corrected chi connectivity index (χ4v) is 2.56. The molecule has 2 aromatic carbocycles. The van der Waals surface area contributed by atoms with Gasteiger partial charge in [-0.05, 0) is 50.5 Å². The molecule has 144 valence electrons. The molecule has 3 heteroatoms. The van der Waals surface area contributed by atoms with Gasteiger partial charge in [0.2, 0.25) is 0 Å². The average molecular weight is 358 g/mol. The van der Waals surface area contributed by atoms with E-state index in [0.29, 0.717) is 12.1 Å². The Morgan fingerprint density at radius 2 is 1.73 bits per heavy atom. The van der Waals surface area contributed by atoms with Crippen LogP contribution in [0.4, 0.5) is 5.69 Å². The summed E-state index contributed by atoms with van der Waals surface area (Å²) in [5.74, 6) is 1.11. The fraction of sp³-hybridized carbons (Fsp3) is 0.435. The highest BCUT2D eigenvalue weighted by molar-refractivity contribution is 5.78. The maximum atomic E-state index is 11.6. The molecule has 2 aromatic rings. The van der Waals surface area contributed by atoms with Crippen molar-refractivity contribution in [1.82, 2.24) is 0 Å². The molecule has 0 aliphatic heterocycles. The summed E-state index contributed by atoms with van der Waals surface area (Å²) in [4.78, 5) is 11.6. The van der Waals surface area contributed by atoms with E-state index in [1.54, 1.807) is 14.0 Å². The van der Waals surface area contributed by atoms with Crippen LogP contribution < -0.4 is 10.5 Å². The summed E-state index contributed by atoms with van der Waals surface area (Å²) in [5.41, 5.74) is 8.81. The minimum absolute atomic E-state index is 0.0655. The lowest BCUT2D eigenvalue weighted by molar-refractivity contribution is -0.120. The molecule has 26 heavy (non-hydrogen) atoms. The summed E-state index contributed by atoms with van der Waals surface area (Å²) >= 11 is 0. The van der Waals surface area contributed by atoms with Gasteiger partial charge in [-0.1, -0.05) is 63.1 Å². The molecule has 0 amide bonds. The molecule has 0 saturated carbocycles. The maximum Gasteiger partial charge on any atom is 0.133 e. The number of nitrogen functional groups attached to an aromatic ring is 1. The number of carbonyl (C=O) groups is 1. The third-order valence-corrected chi connectivity index (χ3v) is 3.92. The van der Waals surface area contributed by atoms with Crippen LogP contribution in [0.25, 0.3) is 0 Å². The summed E-state index contributed by atoms with van der Waals surface area (Å²) < 4.78 is 5.29. The number of carbonyl (C=O) groups excluding carboxylic acids is 1. The number of Topliss-reactive ketones (excluding diaryl/α,β-unsaturated/α-hetero) is 1. The summed E-state index contributed by atoms with van der Waals surface area (Å²) in [6, 6.07) is 15.8. The first kappa shape index (κ1) is 23.7. The van der Waals surface area contributed by atoms with Crippen molar-refractivity contribution in [3.8, 4) is 5.75 Å². The Bertz CT molecular complexity index is 623. The van der Waals surface area contributed by atoms with Crippen LogP contribution in [0.2, 0.25) is 0 Å². The number of aryl methyl sites for hydroxylation is 1. The van der Waals surface area contributed by atoms with Gasteiger partial charge in [-0.2, -0.15) is 0 Å². The predicted octanol–water partition coefficient (Wildman–Crippen LogP) is 5.85. The zero-order chi connectivity index (χ0) is 19.9. The number of methoxy groups -OCH3 is 1. The SMILES string of the molecule is CC.CCCC(Cc1cc(N)ccc1OC)C(C)=O.Cc1ccccc1. The van der Waals surface area contributed by atoms with Gasteiger partial charge in [0.15, 0.2) is 0 Å². The predicted molar refractivity (Wildman–Crippen MR) is 113 cm³/mol. The first-order chi connectivity index (χ1) is 12.5. The third kappa shape index (κ3) is 9.26. The van der Waals surface area contributed by atoms with Crippen LogP contribution in [0.15, 0.2) is 48.5 Å². The van der Waals surface area contributed by atoms with Crippen molar-refractivity contribution in [3.63, 3.8) is 0 Å². The van der Waals surface area contributed by atoms with Gasteiger partial charge in [-0.15, -0.1) is 0 Å². The van der Waals surface area contributed by atoms with Crippen molar-refractivity contribution in [2.24, 2.45) is 5.92 Å². The zero-order valence-corrected chi connectivity index (χ0v) is 17.2. The number of anilines is 1. The topological polar surface area (TPSA) is 52.3 Å². The van der Waals surface area contributed by atoms with Gasteiger partial charge in [0, 0.05) is 11.6 Å². The Morgan fingerprint density at radius 3 is 2.15 bits per heavy atom. The van der Waals surface area contributed by atoms with Gasteiger partial charge in [-0.25, -0.2) is 0 Å². The van der Waals surface area contributed by atoms with Crippen LogP contribution in [0.5, 0.6) is 5.75 Å². The van der Waals surface area contributed by atoms with Crippen LogP contribution in [0, 0.1) is 12.8 Å². The lowest BCUT2D eigenvalue weighted by atomic mass is 9.91. The normalized spacial score (nSPS) is 10.5. The van der Waals surface area contributed by atoms with E-state index >= 15 is 0 Å². The molecule has 2 N–H and O–H groups in total. The van der Waals surface area contributed by atoms with Gasteiger partial charge in [0.25, 0.3) is 0 Å². The first-order valence-corrected chi connectivity index (χ1v) is 9.42. The Kier molecular flexibility index (Phi) is 12.7. The van der Waals surface area contributed by atoms with Crippen LogP contribution in [0.3, 0.4) is 0 Å². The summed E-state index contributed by atoms with van der Waals surface area (Å²) in [7, 11) is 1.64. The molecule has 0 radical (unpaired) electrons. The minimum Gasteiger partial charge on any atom is -0.496 e. The number of ether oxygens (including phenoxy) is 1. The highest BCUT2D eigenvalue weighted by Gasteiger charge is 2.16. The van der Waals surface area contributed by atoms with Crippen LogP contribution in [-0.4, -0.2) is 12.9 Å². The third-order valence-electron chi connectivity index (χ3n) is 3.92. The molecule has 0 heterocycles. The molecule has 3 nitrogen and oxygen atoms in total. The van der Waals surface area contributed by atoms with Crippen LogP contribution >= 0.6 is 0 Å². The van der Waals surface area contributed by atoms with Crippen molar-refractivity contribution in [2.75, 3.05) is 12.8 Å². The Morgan fingerprint density at radius 1 is 1.12 bits per heavy atom. The van der Waals surface area contributed by atoms with E-state index in [9.17, 15) is 4.79 Å². The van der Waals surface area contributed by atoms with Crippen molar-refractivity contribution in [1.29, 1.82) is 0 Å². The molecule has 0 bridgehead atoms. The first-order valence-electron chi connectivity index (χ1n) is 9.42. The monoisotopic (exact) mass is 357 g/mol.